The zero-order valence-electron chi connectivity index (χ0n) is 18.1. The van der Waals surface area contributed by atoms with E-state index in [0.717, 1.165) is 32.5 Å². The minimum Gasteiger partial charge on any atom is -0.466 e. The van der Waals surface area contributed by atoms with Gasteiger partial charge in [0, 0.05) is 44.6 Å². The second kappa shape index (κ2) is 9.64. The number of carbonyl (C=O) groups excluding carboxylic acids is 3. The summed E-state index contributed by atoms with van der Waals surface area (Å²) >= 11 is 1.64. The van der Waals surface area contributed by atoms with Gasteiger partial charge in [-0.1, -0.05) is 0 Å². The first kappa shape index (κ1) is 22.8. The van der Waals surface area contributed by atoms with Gasteiger partial charge in [0.2, 0.25) is 11.8 Å². The molecular weight excluding hydrogens is 422 g/mol. The molecule has 4 fully saturated rings. The standard InChI is InChI=1S/C21H33N3O6S/c1-2-30-20(28)15-14-4-5-21(31-14)16(15)19(27)24(7-3-11-25)17(21)18(26)22-6-8-23-9-12-29-13-10-23/h14-17,25H,2-13H2,1H3,(H,22,26)/t14-,15+,16+,17?,21?/m1/s1. The Kier molecular flexibility index (Phi) is 7.10. The van der Waals surface area contributed by atoms with E-state index in [-0.39, 0.29) is 36.2 Å². The summed E-state index contributed by atoms with van der Waals surface area (Å²) in [5.41, 5.74) is 0. The molecule has 0 saturated carbocycles. The molecule has 4 aliphatic heterocycles. The number of nitrogens with zero attached hydrogens (tertiary/aromatic N) is 2. The normalized spacial score (nSPS) is 34.8. The number of hydrogen-bond donors (Lipinski definition) is 2. The van der Waals surface area contributed by atoms with Gasteiger partial charge in [-0.3, -0.25) is 19.3 Å². The molecule has 2 bridgehead atoms. The molecule has 2 amide bonds. The number of amides is 2. The van der Waals surface area contributed by atoms with Gasteiger partial charge in [0.1, 0.15) is 6.04 Å². The lowest BCUT2D eigenvalue weighted by molar-refractivity contribution is -0.153. The van der Waals surface area contributed by atoms with E-state index >= 15 is 0 Å². The fraction of sp³-hybridized carbons (Fsp3) is 0.857. The van der Waals surface area contributed by atoms with Gasteiger partial charge in [-0.25, -0.2) is 0 Å². The van der Waals surface area contributed by atoms with Crippen LogP contribution >= 0.6 is 11.8 Å². The Morgan fingerprint density at radius 2 is 2.10 bits per heavy atom. The topological polar surface area (TPSA) is 108 Å². The van der Waals surface area contributed by atoms with Crippen molar-refractivity contribution in [1.29, 1.82) is 0 Å². The van der Waals surface area contributed by atoms with E-state index in [1.54, 1.807) is 23.6 Å². The first-order valence-corrected chi connectivity index (χ1v) is 12.2. The van der Waals surface area contributed by atoms with Gasteiger partial charge in [-0.15, -0.1) is 11.8 Å². The van der Waals surface area contributed by atoms with Crippen molar-refractivity contribution < 1.29 is 29.0 Å². The smallest absolute Gasteiger partial charge is 0.310 e. The molecule has 1 spiro atoms. The predicted octanol–water partition coefficient (Wildman–Crippen LogP) is -0.528. The van der Waals surface area contributed by atoms with Crippen LogP contribution in [0.5, 0.6) is 0 Å². The summed E-state index contributed by atoms with van der Waals surface area (Å²) in [5.74, 6) is -1.64. The summed E-state index contributed by atoms with van der Waals surface area (Å²) in [7, 11) is 0. The van der Waals surface area contributed by atoms with Crippen LogP contribution < -0.4 is 5.32 Å². The third-order valence-electron chi connectivity index (χ3n) is 7.00. The average molecular weight is 456 g/mol. The molecule has 0 aromatic carbocycles. The van der Waals surface area contributed by atoms with E-state index in [1.165, 1.54) is 0 Å². The maximum Gasteiger partial charge on any atom is 0.310 e. The molecule has 0 aromatic rings. The number of morpholine rings is 1. The lowest BCUT2D eigenvalue weighted by Gasteiger charge is -2.34. The molecule has 9 nitrogen and oxygen atoms in total. The van der Waals surface area contributed by atoms with Crippen molar-refractivity contribution in [2.75, 3.05) is 59.2 Å². The van der Waals surface area contributed by atoms with E-state index in [1.807, 2.05) is 0 Å². The molecule has 4 aliphatic rings. The number of aliphatic hydroxyl groups is 1. The number of likely N-dealkylation sites (tertiary alicyclic amines) is 1. The van der Waals surface area contributed by atoms with Gasteiger partial charge in [0.15, 0.2) is 0 Å². The van der Waals surface area contributed by atoms with E-state index in [9.17, 15) is 19.5 Å². The van der Waals surface area contributed by atoms with Crippen molar-refractivity contribution >= 4 is 29.5 Å². The van der Waals surface area contributed by atoms with Gasteiger partial charge in [0.05, 0.1) is 36.4 Å². The Balaban J connectivity index is 1.51. The Labute approximate surface area is 187 Å². The molecule has 5 atom stereocenters. The minimum atomic E-state index is -0.615. The number of fused-ring (bicyclic) bond motifs is 1. The molecule has 4 saturated heterocycles. The monoisotopic (exact) mass is 455 g/mol. The lowest BCUT2D eigenvalue weighted by atomic mass is 9.71. The van der Waals surface area contributed by atoms with Gasteiger partial charge in [-0.2, -0.15) is 0 Å². The Bertz CT molecular complexity index is 703. The summed E-state index contributed by atoms with van der Waals surface area (Å²) < 4.78 is 10.1. The summed E-state index contributed by atoms with van der Waals surface area (Å²) in [6.07, 6.45) is 1.96. The molecule has 0 radical (unpaired) electrons. The summed E-state index contributed by atoms with van der Waals surface area (Å²) in [4.78, 5) is 43.4. The number of esters is 1. The molecule has 0 aliphatic carbocycles. The van der Waals surface area contributed by atoms with Crippen LogP contribution in [0.4, 0.5) is 0 Å². The van der Waals surface area contributed by atoms with Crippen LogP contribution in [0.25, 0.3) is 0 Å². The number of hydrogen-bond acceptors (Lipinski definition) is 8. The van der Waals surface area contributed by atoms with Crippen LogP contribution in [-0.2, 0) is 23.9 Å². The third-order valence-corrected chi connectivity index (χ3v) is 8.95. The molecular formula is C21H33N3O6S. The molecule has 31 heavy (non-hydrogen) atoms. The Morgan fingerprint density at radius 1 is 1.32 bits per heavy atom. The van der Waals surface area contributed by atoms with Crippen LogP contribution in [0.2, 0.25) is 0 Å². The lowest BCUT2D eigenvalue weighted by Crippen LogP contribution is -2.54. The fourth-order valence-corrected chi connectivity index (χ4v) is 7.91. The zero-order chi connectivity index (χ0) is 22.0. The van der Waals surface area contributed by atoms with Gasteiger partial charge >= 0.3 is 5.97 Å². The number of aliphatic hydroxyl groups excluding tert-OH is 1. The van der Waals surface area contributed by atoms with Crippen molar-refractivity contribution in [2.45, 2.75) is 42.2 Å². The van der Waals surface area contributed by atoms with E-state index in [0.29, 0.717) is 32.7 Å². The van der Waals surface area contributed by atoms with Gasteiger partial charge in [0.25, 0.3) is 0 Å². The van der Waals surface area contributed by atoms with Gasteiger partial charge in [-0.05, 0) is 26.2 Å². The van der Waals surface area contributed by atoms with Crippen molar-refractivity contribution in [2.24, 2.45) is 11.8 Å². The maximum absolute atomic E-state index is 13.5. The van der Waals surface area contributed by atoms with Crippen LogP contribution in [0.1, 0.15) is 26.2 Å². The second-order valence-corrected chi connectivity index (χ2v) is 10.3. The second-order valence-electron chi connectivity index (χ2n) is 8.66. The fourth-order valence-electron chi connectivity index (χ4n) is 5.70. The molecule has 10 heteroatoms. The number of carbonyl (C=O) groups is 3. The van der Waals surface area contributed by atoms with Crippen molar-refractivity contribution in [3.05, 3.63) is 0 Å². The average Bonchev–Trinajstić information content (AvgIpc) is 3.40. The minimum absolute atomic E-state index is 0.0247. The number of rotatable bonds is 9. The van der Waals surface area contributed by atoms with E-state index in [4.69, 9.17) is 9.47 Å². The first-order valence-electron chi connectivity index (χ1n) is 11.4. The molecule has 2 N–H and O–H groups in total. The number of thioether (sulfide) groups is 1. The van der Waals surface area contributed by atoms with Crippen LogP contribution in [0, 0.1) is 11.8 Å². The van der Waals surface area contributed by atoms with Crippen LogP contribution in [0.15, 0.2) is 0 Å². The third kappa shape index (κ3) is 4.07. The van der Waals surface area contributed by atoms with Crippen molar-refractivity contribution in [3.63, 3.8) is 0 Å². The summed E-state index contributed by atoms with van der Waals surface area (Å²) in [6, 6.07) is -0.615. The van der Waals surface area contributed by atoms with E-state index in [2.05, 4.69) is 10.2 Å². The predicted molar refractivity (Wildman–Crippen MR) is 114 cm³/mol. The Morgan fingerprint density at radius 3 is 2.81 bits per heavy atom. The largest absolute Gasteiger partial charge is 0.466 e. The highest BCUT2D eigenvalue weighted by atomic mass is 32.2. The molecule has 174 valence electrons. The zero-order valence-corrected chi connectivity index (χ0v) is 18.9. The summed E-state index contributed by atoms with van der Waals surface area (Å²) in [5, 5.41) is 12.4. The highest BCUT2D eigenvalue weighted by Gasteiger charge is 2.73. The van der Waals surface area contributed by atoms with Crippen molar-refractivity contribution in [3.8, 4) is 0 Å². The first-order chi connectivity index (χ1) is 15.0. The number of ether oxygens (including phenoxy) is 2. The van der Waals surface area contributed by atoms with Crippen LogP contribution in [0.3, 0.4) is 0 Å². The van der Waals surface area contributed by atoms with Crippen LogP contribution in [-0.4, -0.2) is 108 Å². The van der Waals surface area contributed by atoms with E-state index < -0.39 is 22.6 Å². The summed E-state index contributed by atoms with van der Waals surface area (Å²) in [6.45, 7) is 6.67. The van der Waals surface area contributed by atoms with Gasteiger partial charge < -0.3 is 24.8 Å². The highest BCUT2D eigenvalue weighted by molar-refractivity contribution is 8.02. The number of nitrogens with one attached hydrogen (secondary N) is 1. The molecule has 2 unspecified atom stereocenters. The molecule has 4 heterocycles. The molecule has 4 rings (SSSR count). The Hall–Kier alpha value is -1.36. The SMILES string of the molecule is CCOC(=O)[C@@H]1[C@H]2C(=O)N(CCCO)C(C(=O)NCCN3CCOCC3)C23CC[C@H]1S3. The highest BCUT2D eigenvalue weighted by Crippen LogP contribution is 2.66. The quantitative estimate of drug-likeness (QED) is 0.447. The molecule has 0 aromatic heterocycles. The maximum atomic E-state index is 13.5. The van der Waals surface area contributed by atoms with Crippen molar-refractivity contribution in [1.82, 2.24) is 15.1 Å².